The van der Waals surface area contributed by atoms with Crippen LogP contribution in [0.1, 0.15) is 34.0 Å². The first-order chi connectivity index (χ1) is 10.6. The molecule has 1 heterocycles. The van der Waals surface area contributed by atoms with Crippen LogP contribution in [0.25, 0.3) is 10.9 Å². The number of nitriles is 1. The van der Waals surface area contributed by atoms with Gasteiger partial charge in [0.15, 0.2) is 5.78 Å². The Morgan fingerprint density at radius 3 is 2.55 bits per heavy atom. The first-order valence-corrected chi connectivity index (χ1v) is 7.18. The molecule has 0 fully saturated rings. The summed E-state index contributed by atoms with van der Waals surface area (Å²) in [5, 5.41) is 9.86. The van der Waals surface area contributed by atoms with Crippen LogP contribution < -0.4 is 0 Å². The predicted molar refractivity (Wildman–Crippen MR) is 86.9 cm³/mol. The lowest BCUT2D eigenvalue weighted by Crippen LogP contribution is -1.98. The van der Waals surface area contributed by atoms with Crippen molar-refractivity contribution in [2.45, 2.75) is 20.4 Å². The number of rotatable bonds is 3. The number of carbonyl (C=O) groups is 1. The Bertz CT molecular complexity index is 896. The largest absolute Gasteiger partial charge is 0.342 e. The number of benzene rings is 2. The van der Waals surface area contributed by atoms with E-state index in [1.54, 1.807) is 6.92 Å². The molecule has 3 heteroatoms. The van der Waals surface area contributed by atoms with E-state index in [4.69, 9.17) is 5.26 Å². The van der Waals surface area contributed by atoms with Gasteiger partial charge in [0.2, 0.25) is 0 Å². The van der Waals surface area contributed by atoms with Gasteiger partial charge < -0.3 is 4.57 Å². The Hall–Kier alpha value is -2.86. The second-order valence-corrected chi connectivity index (χ2v) is 5.56. The first-order valence-electron chi connectivity index (χ1n) is 7.18. The normalized spacial score (nSPS) is 10.6. The summed E-state index contributed by atoms with van der Waals surface area (Å²) in [4.78, 5) is 11.9. The lowest BCUT2D eigenvalue weighted by atomic mass is 10.1. The number of aryl methyl sites for hydroxylation is 1. The molecule has 0 aliphatic heterocycles. The van der Waals surface area contributed by atoms with Crippen molar-refractivity contribution in [3.63, 3.8) is 0 Å². The first kappa shape index (κ1) is 14.1. The molecule has 0 N–H and O–H groups in total. The SMILES string of the molecule is CC(=O)c1cn(Cc2ccc(C#N)cc2)c2ccc(C)cc12. The molecule has 0 aliphatic carbocycles. The van der Waals surface area contributed by atoms with E-state index in [9.17, 15) is 4.79 Å². The quantitative estimate of drug-likeness (QED) is 0.682. The van der Waals surface area contributed by atoms with Crippen LogP contribution in [0.15, 0.2) is 48.7 Å². The van der Waals surface area contributed by atoms with Crippen molar-refractivity contribution in [3.05, 3.63) is 70.9 Å². The zero-order chi connectivity index (χ0) is 15.7. The highest BCUT2D eigenvalue weighted by Gasteiger charge is 2.12. The van der Waals surface area contributed by atoms with Crippen molar-refractivity contribution in [1.82, 2.24) is 4.57 Å². The van der Waals surface area contributed by atoms with Crippen molar-refractivity contribution in [2.24, 2.45) is 0 Å². The molecule has 2 aromatic carbocycles. The summed E-state index contributed by atoms with van der Waals surface area (Å²) in [6.45, 7) is 4.31. The smallest absolute Gasteiger partial charge is 0.161 e. The Morgan fingerprint density at radius 1 is 1.18 bits per heavy atom. The number of hydrogen-bond donors (Lipinski definition) is 0. The van der Waals surface area contributed by atoms with Crippen LogP contribution in [0.3, 0.4) is 0 Å². The number of ketones is 1. The minimum absolute atomic E-state index is 0.0779. The molecular formula is C19H16N2O. The minimum atomic E-state index is 0.0779. The van der Waals surface area contributed by atoms with Gasteiger partial charge in [0.1, 0.15) is 0 Å². The number of hydrogen-bond acceptors (Lipinski definition) is 2. The van der Waals surface area contributed by atoms with Crippen molar-refractivity contribution in [3.8, 4) is 6.07 Å². The molecule has 3 aromatic rings. The van der Waals surface area contributed by atoms with Crippen LogP contribution >= 0.6 is 0 Å². The summed E-state index contributed by atoms with van der Waals surface area (Å²) in [7, 11) is 0. The van der Waals surface area contributed by atoms with Crippen LogP contribution in [0.5, 0.6) is 0 Å². The molecule has 0 saturated carbocycles. The van der Waals surface area contributed by atoms with Gasteiger partial charge in [-0.2, -0.15) is 5.26 Å². The molecule has 22 heavy (non-hydrogen) atoms. The maximum Gasteiger partial charge on any atom is 0.161 e. The Kier molecular flexibility index (Phi) is 3.52. The lowest BCUT2D eigenvalue weighted by molar-refractivity contribution is 0.101. The topological polar surface area (TPSA) is 45.8 Å². The van der Waals surface area contributed by atoms with Crippen LogP contribution in [-0.4, -0.2) is 10.4 Å². The molecule has 108 valence electrons. The van der Waals surface area contributed by atoms with Crippen LogP contribution in [0.2, 0.25) is 0 Å². The van der Waals surface area contributed by atoms with E-state index in [1.807, 2.05) is 37.4 Å². The fourth-order valence-corrected chi connectivity index (χ4v) is 2.70. The number of Topliss-reactive ketones (excluding diaryl/α,β-unsaturated/α-hetero) is 1. The minimum Gasteiger partial charge on any atom is -0.342 e. The lowest BCUT2D eigenvalue weighted by Gasteiger charge is -2.06. The summed E-state index contributed by atoms with van der Waals surface area (Å²) in [6, 6.07) is 15.8. The average Bonchev–Trinajstić information content (AvgIpc) is 2.86. The molecule has 0 amide bonds. The molecule has 0 radical (unpaired) electrons. The van der Waals surface area contributed by atoms with Crippen molar-refractivity contribution >= 4 is 16.7 Å². The van der Waals surface area contributed by atoms with Crippen LogP contribution in [0, 0.1) is 18.3 Å². The van der Waals surface area contributed by atoms with Gasteiger partial charge in [-0.05, 0) is 43.7 Å². The van der Waals surface area contributed by atoms with Gasteiger partial charge in [0, 0.05) is 29.2 Å². The molecule has 0 spiro atoms. The van der Waals surface area contributed by atoms with Crippen molar-refractivity contribution in [1.29, 1.82) is 5.26 Å². The van der Waals surface area contributed by atoms with E-state index in [2.05, 4.69) is 28.8 Å². The highest BCUT2D eigenvalue weighted by molar-refractivity contribution is 6.07. The van der Waals surface area contributed by atoms with E-state index < -0.39 is 0 Å². The van der Waals surface area contributed by atoms with E-state index >= 15 is 0 Å². The summed E-state index contributed by atoms with van der Waals surface area (Å²) in [5.41, 5.74) is 4.71. The number of fused-ring (bicyclic) bond motifs is 1. The standard InChI is InChI=1S/C19H16N2O/c1-13-3-8-19-17(9-13)18(14(2)22)12-21(19)11-16-6-4-15(10-20)5-7-16/h3-9,12H,11H2,1-2H3. The Labute approximate surface area is 129 Å². The molecular weight excluding hydrogens is 272 g/mol. The third-order valence-electron chi connectivity index (χ3n) is 3.85. The van der Waals surface area contributed by atoms with E-state index in [0.717, 1.165) is 27.6 Å². The van der Waals surface area contributed by atoms with Crippen LogP contribution in [-0.2, 0) is 6.54 Å². The van der Waals surface area contributed by atoms with Crippen molar-refractivity contribution < 1.29 is 4.79 Å². The van der Waals surface area contributed by atoms with Gasteiger partial charge in [-0.3, -0.25) is 4.79 Å². The van der Waals surface area contributed by atoms with E-state index in [1.165, 1.54) is 0 Å². The zero-order valence-electron chi connectivity index (χ0n) is 12.6. The summed E-state index contributed by atoms with van der Waals surface area (Å²) >= 11 is 0. The van der Waals surface area contributed by atoms with Gasteiger partial charge in [0.25, 0.3) is 0 Å². The average molecular weight is 288 g/mol. The Balaban J connectivity index is 2.06. The maximum absolute atomic E-state index is 11.9. The Morgan fingerprint density at radius 2 is 1.91 bits per heavy atom. The monoisotopic (exact) mass is 288 g/mol. The molecule has 0 atom stereocenters. The van der Waals surface area contributed by atoms with Gasteiger partial charge in [-0.15, -0.1) is 0 Å². The summed E-state index contributed by atoms with van der Waals surface area (Å²) < 4.78 is 2.09. The third kappa shape index (κ3) is 2.51. The highest BCUT2D eigenvalue weighted by Crippen LogP contribution is 2.24. The van der Waals surface area contributed by atoms with Crippen molar-refractivity contribution in [2.75, 3.05) is 0 Å². The van der Waals surface area contributed by atoms with Gasteiger partial charge in [-0.1, -0.05) is 23.8 Å². The number of nitrogens with zero attached hydrogens (tertiary/aromatic N) is 2. The fraction of sp³-hybridized carbons (Fsp3) is 0.158. The molecule has 3 nitrogen and oxygen atoms in total. The van der Waals surface area contributed by atoms with E-state index in [-0.39, 0.29) is 5.78 Å². The highest BCUT2D eigenvalue weighted by atomic mass is 16.1. The van der Waals surface area contributed by atoms with Gasteiger partial charge in [-0.25, -0.2) is 0 Å². The maximum atomic E-state index is 11.9. The number of carbonyl (C=O) groups excluding carboxylic acids is 1. The molecule has 3 rings (SSSR count). The molecule has 0 aliphatic rings. The zero-order valence-corrected chi connectivity index (χ0v) is 12.6. The summed E-state index contributed by atoms with van der Waals surface area (Å²) in [5.74, 6) is 0.0779. The third-order valence-corrected chi connectivity index (χ3v) is 3.85. The fourth-order valence-electron chi connectivity index (χ4n) is 2.70. The summed E-state index contributed by atoms with van der Waals surface area (Å²) in [6.07, 6.45) is 1.92. The predicted octanol–water partition coefficient (Wildman–Crippen LogP) is 4.07. The molecule has 0 bridgehead atoms. The molecule has 1 aromatic heterocycles. The van der Waals surface area contributed by atoms with Gasteiger partial charge >= 0.3 is 0 Å². The van der Waals surface area contributed by atoms with E-state index in [0.29, 0.717) is 12.1 Å². The second kappa shape index (κ2) is 5.50. The second-order valence-electron chi connectivity index (χ2n) is 5.56. The number of aromatic nitrogens is 1. The van der Waals surface area contributed by atoms with Gasteiger partial charge in [0.05, 0.1) is 11.6 Å². The molecule has 0 saturated heterocycles. The molecule has 0 unspecified atom stereocenters. The van der Waals surface area contributed by atoms with Crippen LogP contribution in [0.4, 0.5) is 0 Å².